The zero-order chi connectivity index (χ0) is 14.7. The number of aryl methyl sites for hydroxylation is 3. The average Bonchev–Trinajstić information content (AvgIpc) is 2.92. The van der Waals surface area contributed by atoms with E-state index in [1.54, 1.807) is 0 Å². The van der Waals surface area contributed by atoms with Crippen LogP contribution < -0.4 is 5.32 Å². The van der Waals surface area contributed by atoms with Gasteiger partial charge < -0.3 is 5.32 Å². The van der Waals surface area contributed by atoms with Crippen molar-refractivity contribution in [3.8, 4) is 0 Å². The molecule has 2 heterocycles. The standard InChI is InChI=1S/C15H25N5/c1-6-16-14(15-9-10-17-20(15)5)8-7-13-11(2)18-19(4)12(13)3/h9-10,14,16H,6-8H2,1-5H3. The van der Waals surface area contributed by atoms with Crippen LogP contribution in [0, 0.1) is 13.8 Å². The third kappa shape index (κ3) is 2.93. The van der Waals surface area contributed by atoms with Gasteiger partial charge in [0.2, 0.25) is 0 Å². The molecular weight excluding hydrogens is 250 g/mol. The first-order valence-corrected chi connectivity index (χ1v) is 7.25. The predicted octanol–water partition coefficient (Wildman–Crippen LogP) is 2.05. The van der Waals surface area contributed by atoms with Crippen molar-refractivity contribution in [1.82, 2.24) is 24.9 Å². The molecule has 0 fully saturated rings. The normalized spacial score (nSPS) is 12.8. The summed E-state index contributed by atoms with van der Waals surface area (Å²) < 4.78 is 3.92. The molecule has 0 saturated heterocycles. The Morgan fingerprint density at radius 2 is 2.00 bits per heavy atom. The molecular formula is C15H25N5. The quantitative estimate of drug-likeness (QED) is 0.878. The van der Waals surface area contributed by atoms with Gasteiger partial charge in [-0.15, -0.1) is 0 Å². The zero-order valence-electron chi connectivity index (χ0n) is 13.1. The van der Waals surface area contributed by atoms with Crippen LogP contribution in [0.1, 0.15) is 42.0 Å². The Bertz CT molecular complexity index is 567. The molecule has 0 amide bonds. The lowest BCUT2D eigenvalue weighted by atomic mass is 10.0. The minimum absolute atomic E-state index is 0.339. The number of rotatable bonds is 6. The van der Waals surface area contributed by atoms with Gasteiger partial charge in [0.05, 0.1) is 11.4 Å². The van der Waals surface area contributed by atoms with E-state index in [0.717, 1.165) is 25.1 Å². The van der Waals surface area contributed by atoms with Gasteiger partial charge in [0.15, 0.2) is 0 Å². The maximum absolute atomic E-state index is 4.49. The first-order chi connectivity index (χ1) is 9.54. The molecule has 0 saturated carbocycles. The smallest absolute Gasteiger partial charge is 0.0628 e. The van der Waals surface area contributed by atoms with E-state index in [-0.39, 0.29) is 0 Å². The SMILES string of the molecule is CCNC(CCc1c(C)nn(C)c1C)c1ccnn1C. The van der Waals surface area contributed by atoms with E-state index in [9.17, 15) is 0 Å². The topological polar surface area (TPSA) is 47.7 Å². The molecule has 0 radical (unpaired) electrons. The molecule has 0 bridgehead atoms. The number of hydrogen-bond acceptors (Lipinski definition) is 3. The second-order valence-electron chi connectivity index (χ2n) is 5.30. The first-order valence-electron chi connectivity index (χ1n) is 7.25. The van der Waals surface area contributed by atoms with Gasteiger partial charge in [0.1, 0.15) is 0 Å². The molecule has 5 nitrogen and oxygen atoms in total. The highest BCUT2D eigenvalue weighted by molar-refractivity contribution is 5.24. The maximum Gasteiger partial charge on any atom is 0.0628 e. The molecule has 2 aromatic rings. The second-order valence-corrected chi connectivity index (χ2v) is 5.30. The van der Waals surface area contributed by atoms with Crippen LogP contribution in [-0.4, -0.2) is 26.1 Å². The van der Waals surface area contributed by atoms with Gasteiger partial charge in [-0.05, 0) is 44.9 Å². The Morgan fingerprint density at radius 1 is 1.25 bits per heavy atom. The van der Waals surface area contributed by atoms with Gasteiger partial charge in [0.25, 0.3) is 0 Å². The number of hydrogen-bond donors (Lipinski definition) is 1. The molecule has 5 heteroatoms. The van der Waals surface area contributed by atoms with Crippen LogP contribution in [0.3, 0.4) is 0 Å². The fraction of sp³-hybridized carbons (Fsp3) is 0.600. The predicted molar refractivity (Wildman–Crippen MR) is 80.6 cm³/mol. The van der Waals surface area contributed by atoms with Gasteiger partial charge in [-0.1, -0.05) is 6.92 Å². The van der Waals surface area contributed by atoms with Crippen molar-refractivity contribution < 1.29 is 0 Å². The van der Waals surface area contributed by atoms with Crippen LogP contribution in [-0.2, 0) is 20.5 Å². The number of nitrogens with zero attached hydrogens (tertiary/aromatic N) is 4. The average molecular weight is 275 g/mol. The Hall–Kier alpha value is -1.62. The summed E-state index contributed by atoms with van der Waals surface area (Å²) in [5.41, 5.74) is 5.02. The number of aromatic nitrogens is 4. The molecule has 2 rings (SSSR count). The third-order valence-corrected chi connectivity index (χ3v) is 4.01. The molecule has 2 aromatic heterocycles. The summed E-state index contributed by atoms with van der Waals surface area (Å²) in [5.74, 6) is 0. The van der Waals surface area contributed by atoms with Gasteiger partial charge in [-0.3, -0.25) is 9.36 Å². The summed E-state index contributed by atoms with van der Waals surface area (Å²) in [5, 5.41) is 12.3. The molecule has 0 aliphatic carbocycles. The molecule has 0 aromatic carbocycles. The molecule has 0 spiro atoms. The summed E-state index contributed by atoms with van der Waals surface area (Å²) in [7, 11) is 4.01. The van der Waals surface area contributed by atoms with Gasteiger partial charge in [-0.2, -0.15) is 10.2 Å². The van der Waals surface area contributed by atoms with Crippen LogP contribution >= 0.6 is 0 Å². The summed E-state index contributed by atoms with van der Waals surface area (Å²) >= 11 is 0. The van der Waals surface area contributed by atoms with E-state index in [1.807, 2.05) is 29.7 Å². The van der Waals surface area contributed by atoms with Crippen molar-refractivity contribution in [2.75, 3.05) is 6.54 Å². The van der Waals surface area contributed by atoms with Crippen molar-refractivity contribution in [3.63, 3.8) is 0 Å². The van der Waals surface area contributed by atoms with Crippen molar-refractivity contribution in [3.05, 3.63) is 34.9 Å². The zero-order valence-corrected chi connectivity index (χ0v) is 13.1. The Kier molecular flexibility index (Phi) is 4.60. The van der Waals surface area contributed by atoms with E-state index in [1.165, 1.54) is 17.0 Å². The summed E-state index contributed by atoms with van der Waals surface area (Å²) in [6.07, 6.45) is 3.95. The molecule has 1 N–H and O–H groups in total. The molecule has 1 unspecified atom stereocenters. The van der Waals surface area contributed by atoms with Crippen molar-refractivity contribution in [2.45, 2.75) is 39.7 Å². The van der Waals surface area contributed by atoms with Gasteiger partial charge >= 0.3 is 0 Å². The monoisotopic (exact) mass is 275 g/mol. The van der Waals surface area contributed by atoms with Gasteiger partial charge in [0, 0.05) is 32.0 Å². The third-order valence-electron chi connectivity index (χ3n) is 4.01. The van der Waals surface area contributed by atoms with Crippen LogP contribution in [0.2, 0.25) is 0 Å². The fourth-order valence-electron chi connectivity index (χ4n) is 2.79. The highest BCUT2D eigenvalue weighted by atomic mass is 15.3. The minimum Gasteiger partial charge on any atom is -0.309 e. The van der Waals surface area contributed by atoms with Crippen LogP contribution in [0.5, 0.6) is 0 Å². The number of nitrogens with one attached hydrogen (secondary N) is 1. The molecule has 1 atom stereocenters. The highest BCUT2D eigenvalue weighted by Gasteiger charge is 2.16. The van der Waals surface area contributed by atoms with Crippen molar-refractivity contribution >= 4 is 0 Å². The maximum atomic E-state index is 4.49. The summed E-state index contributed by atoms with van der Waals surface area (Å²) in [6.45, 7) is 7.33. The fourth-order valence-corrected chi connectivity index (χ4v) is 2.79. The lowest BCUT2D eigenvalue weighted by Gasteiger charge is -2.18. The van der Waals surface area contributed by atoms with E-state index in [4.69, 9.17) is 0 Å². The van der Waals surface area contributed by atoms with E-state index < -0.39 is 0 Å². The molecule has 0 aliphatic rings. The second kappa shape index (κ2) is 6.22. The first kappa shape index (κ1) is 14.8. The van der Waals surface area contributed by atoms with E-state index >= 15 is 0 Å². The Balaban J connectivity index is 2.12. The molecule has 20 heavy (non-hydrogen) atoms. The largest absolute Gasteiger partial charge is 0.309 e. The van der Waals surface area contributed by atoms with E-state index in [0.29, 0.717) is 6.04 Å². The van der Waals surface area contributed by atoms with Crippen LogP contribution in [0.15, 0.2) is 12.3 Å². The molecule has 0 aliphatic heterocycles. The summed E-state index contributed by atoms with van der Waals surface area (Å²) in [6, 6.07) is 2.43. The van der Waals surface area contributed by atoms with Crippen LogP contribution in [0.25, 0.3) is 0 Å². The molecule has 110 valence electrons. The lowest BCUT2D eigenvalue weighted by molar-refractivity contribution is 0.479. The van der Waals surface area contributed by atoms with Crippen LogP contribution in [0.4, 0.5) is 0 Å². The van der Waals surface area contributed by atoms with Gasteiger partial charge in [-0.25, -0.2) is 0 Å². The Labute approximate surface area is 121 Å². The van der Waals surface area contributed by atoms with Crippen molar-refractivity contribution in [2.24, 2.45) is 14.1 Å². The Morgan fingerprint density at radius 3 is 2.50 bits per heavy atom. The lowest BCUT2D eigenvalue weighted by Crippen LogP contribution is -2.24. The van der Waals surface area contributed by atoms with Crippen molar-refractivity contribution in [1.29, 1.82) is 0 Å². The highest BCUT2D eigenvalue weighted by Crippen LogP contribution is 2.21. The van der Waals surface area contributed by atoms with E-state index in [2.05, 4.69) is 42.4 Å². The minimum atomic E-state index is 0.339. The summed E-state index contributed by atoms with van der Waals surface area (Å²) in [4.78, 5) is 0.